The Morgan fingerprint density at radius 1 is 1.55 bits per heavy atom. The maximum absolute atomic E-state index is 5.41. The molecule has 2 rings (SSSR count). The lowest BCUT2D eigenvalue weighted by Gasteiger charge is -1.96. The van der Waals surface area contributed by atoms with Crippen molar-refractivity contribution in [3.8, 4) is 0 Å². The Morgan fingerprint density at radius 2 is 2.36 bits per heavy atom. The lowest BCUT2D eigenvalue weighted by molar-refractivity contribution is 0.496. The second-order valence-corrected chi connectivity index (χ2v) is 2.96. The van der Waals surface area contributed by atoms with Gasteiger partial charge in [-0.2, -0.15) is 0 Å². The van der Waals surface area contributed by atoms with E-state index >= 15 is 0 Å². The largest absolute Gasteiger partial charge is 0.445 e. The van der Waals surface area contributed by atoms with E-state index in [1.54, 1.807) is 6.07 Å². The summed E-state index contributed by atoms with van der Waals surface area (Å²) < 4.78 is 5.18. The third-order valence-electron chi connectivity index (χ3n) is 1.82. The Kier molecular flexibility index (Phi) is 1.58. The molecule has 1 heterocycles. The van der Waals surface area contributed by atoms with Crippen LogP contribution in [0.15, 0.2) is 16.5 Å². The van der Waals surface area contributed by atoms with Crippen LogP contribution in [0.2, 0.25) is 0 Å². The third kappa shape index (κ3) is 1.74. The number of nitrogens with two attached hydrogens (primary N) is 1. The van der Waals surface area contributed by atoms with E-state index in [1.165, 1.54) is 12.8 Å². The molecule has 1 aromatic rings. The highest BCUT2D eigenvalue weighted by Gasteiger charge is 2.20. The number of rotatable bonds is 3. The number of hydrogen-bond acceptors (Lipinski definition) is 3. The van der Waals surface area contributed by atoms with Crippen LogP contribution in [0.25, 0.3) is 0 Å². The molecule has 0 aromatic carbocycles. The van der Waals surface area contributed by atoms with Gasteiger partial charge in [0.2, 0.25) is 0 Å². The second kappa shape index (κ2) is 2.58. The predicted molar refractivity (Wildman–Crippen MR) is 43.0 cm³/mol. The molecule has 0 saturated heterocycles. The molecule has 11 heavy (non-hydrogen) atoms. The minimum atomic E-state index is 0.498. The van der Waals surface area contributed by atoms with Gasteiger partial charge in [0.1, 0.15) is 5.76 Å². The second-order valence-electron chi connectivity index (χ2n) is 2.96. The fraction of sp³-hybridized carbons (Fsp3) is 0.500. The van der Waals surface area contributed by atoms with Crippen molar-refractivity contribution in [1.82, 2.24) is 5.32 Å². The summed E-state index contributed by atoms with van der Waals surface area (Å²) in [5.41, 5.74) is 5.41. The first kappa shape index (κ1) is 6.73. The van der Waals surface area contributed by atoms with Gasteiger partial charge >= 0.3 is 0 Å². The van der Waals surface area contributed by atoms with E-state index in [-0.39, 0.29) is 0 Å². The Hall–Kier alpha value is -0.960. The maximum atomic E-state index is 5.41. The lowest BCUT2D eigenvalue weighted by Crippen LogP contribution is -2.14. The standard InChI is InChI=1S/C8H12N2O/c9-8-4-3-7(11-8)5-10-6-1-2-6/h3-4,6,10H,1-2,5,9H2. The van der Waals surface area contributed by atoms with E-state index in [2.05, 4.69) is 5.32 Å². The molecule has 0 spiro atoms. The quantitative estimate of drug-likeness (QED) is 0.682. The first-order valence-electron chi connectivity index (χ1n) is 3.92. The molecule has 3 N–H and O–H groups in total. The molecule has 3 heteroatoms. The average molecular weight is 152 g/mol. The molecule has 1 aliphatic rings. The van der Waals surface area contributed by atoms with E-state index < -0.39 is 0 Å². The van der Waals surface area contributed by atoms with Crippen LogP contribution in [0, 0.1) is 0 Å². The predicted octanol–water partition coefficient (Wildman–Crippen LogP) is 1.11. The molecule has 3 nitrogen and oxygen atoms in total. The fourth-order valence-electron chi connectivity index (χ4n) is 1.02. The highest BCUT2D eigenvalue weighted by Crippen LogP contribution is 2.19. The molecule has 1 saturated carbocycles. The summed E-state index contributed by atoms with van der Waals surface area (Å²) in [4.78, 5) is 0. The molecule has 1 aromatic heterocycles. The molecule has 1 fully saturated rings. The van der Waals surface area contributed by atoms with E-state index in [0.717, 1.165) is 18.3 Å². The normalized spacial score (nSPS) is 17.1. The van der Waals surface area contributed by atoms with Crippen molar-refractivity contribution < 1.29 is 4.42 Å². The Bertz CT molecular complexity index is 240. The first-order valence-corrected chi connectivity index (χ1v) is 3.92. The van der Waals surface area contributed by atoms with Gasteiger partial charge in [0.15, 0.2) is 5.88 Å². The fourth-order valence-corrected chi connectivity index (χ4v) is 1.02. The van der Waals surface area contributed by atoms with Crippen LogP contribution < -0.4 is 11.1 Å². The Morgan fingerprint density at radius 3 is 2.91 bits per heavy atom. The summed E-state index contributed by atoms with van der Waals surface area (Å²) in [6.45, 7) is 0.807. The van der Waals surface area contributed by atoms with Crippen LogP contribution in [0.5, 0.6) is 0 Å². The van der Waals surface area contributed by atoms with Crippen molar-refractivity contribution in [2.75, 3.05) is 5.73 Å². The van der Waals surface area contributed by atoms with Crippen LogP contribution >= 0.6 is 0 Å². The van der Waals surface area contributed by atoms with E-state index in [4.69, 9.17) is 10.2 Å². The Labute approximate surface area is 65.6 Å². The number of anilines is 1. The molecule has 0 radical (unpaired) electrons. The third-order valence-corrected chi connectivity index (χ3v) is 1.82. The van der Waals surface area contributed by atoms with Gasteiger partial charge in [0, 0.05) is 12.1 Å². The van der Waals surface area contributed by atoms with Crippen molar-refractivity contribution in [3.05, 3.63) is 17.9 Å². The van der Waals surface area contributed by atoms with Crippen molar-refractivity contribution in [2.45, 2.75) is 25.4 Å². The monoisotopic (exact) mass is 152 g/mol. The minimum Gasteiger partial charge on any atom is -0.445 e. The molecule has 0 unspecified atom stereocenters. The van der Waals surface area contributed by atoms with Crippen LogP contribution in [0.3, 0.4) is 0 Å². The summed E-state index contributed by atoms with van der Waals surface area (Å²) in [6.07, 6.45) is 2.60. The van der Waals surface area contributed by atoms with Gasteiger partial charge in [0.25, 0.3) is 0 Å². The minimum absolute atomic E-state index is 0.498. The Balaban J connectivity index is 1.85. The molecular formula is C8H12N2O. The highest BCUT2D eigenvalue weighted by atomic mass is 16.4. The van der Waals surface area contributed by atoms with Crippen LogP contribution in [-0.2, 0) is 6.54 Å². The van der Waals surface area contributed by atoms with Crippen LogP contribution in [0.4, 0.5) is 5.88 Å². The van der Waals surface area contributed by atoms with Crippen LogP contribution in [-0.4, -0.2) is 6.04 Å². The zero-order valence-electron chi connectivity index (χ0n) is 6.34. The number of nitrogens with one attached hydrogen (secondary N) is 1. The van der Waals surface area contributed by atoms with Crippen molar-refractivity contribution >= 4 is 5.88 Å². The summed E-state index contributed by atoms with van der Waals surface area (Å²) in [5.74, 6) is 1.42. The average Bonchev–Trinajstić information content (AvgIpc) is 2.72. The molecule has 60 valence electrons. The first-order chi connectivity index (χ1) is 5.34. The van der Waals surface area contributed by atoms with Gasteiger partial charge in [-0.05, 0) is 18.9 Å². The smallest absolute Gasteiger partial charge is 0.190 e. The van der Waals surface area contributed by atoms with Crippen molar-refractivity contribution in [3.63, 3.8) is 0 Å². The zero-order valence-corrected chi connectivity index (χ0v) is 6.34. The summed E-state index contributed by atoms with van der Waals surface area (Å²) >= 11 is 0. The SMILES string of the molecule is Nc1ccc(CNC2CC2)o1. The number of furan rings is 1. The van der Waals surface area contributed by atoms with Gasteiger partial charge in [-0.1, -0.05) is 0 Å². The van der Waals surface area contributed by atoms with Crippen LogP contribution in [0.1, 0.15) is 18.6 Å². The maximum Gasteiger partial charge on any atom is 0.190 e. The molecule has 1 aliphatic carbocycles. The van der Waals surface area contributed by atoms with Crippen molar-refractivity contribution in [1.29, 1.82) is 0 Å². The zero-order chi connectivity index (χ0) is 7.68. The van der Waals surface area contributed by atoms with Gasteiger partial charge in [-0.25, -0.2) is 0 Å². The molecule has 0 aliphatic heterocycles. The van der Waals surface area contributed by atoms with Gasteiger partial charge < -0.3 is 15.5 Å². The van der Waals surface area contributed by atoms with E-state index in [0.29, 0.717) is 5.88 Å². The summed E-state index contributed by atoms with van der Waals surface area (Å²) in [6, 6.07) is 4.41. The van der Waals surface area contributed by atoms with E-state index in [1.807, 2.05) is 6.07 Å². The molecular weight excluding hydrogens is 140 g/mol. The van der Waals surface area contributed by atoms with E-state index in [9.17, 15) is 0 Å². The highest BCUT2D eigenvalue weighted by molar-refractivity contribution is 5.25. The van der Waals surface area contributed by atoms with Gasteiger partial charge in [-0.3, -0.25) is 0 Å². The van der Waals surface area contributed by atoms with Gasteiger partial charge in [-0.15, -0.1) is 0 Å². The summed E-state index contributed by atoms with van der Waals surface area (Å²) in [5, 5.41) is 3.34. The molecule has 0 amide bonds. The number of nitrogen functional groups attached to an aromatic ring is 1. The topological polar surface area (TPSA) is 51.2 Å². The molecule has 0 atom stereocenters. The van der Waals surface area contributed by atoms with Gasteiger partial charge in [0.05, 0.1) is 6.54 Å². The van der Waals surface area contributed by atoms with Crippen molar-refractivity contribution in [2.24, 2.45) is 0 Å². The number of hydrogen-bond donors (Lipinski definition) is 2. The molecule has 0 bridgehead atoms. The summed E-state index contributed by atoms with van der Waals surface area (Å²) in [7, 11) is 0. The lowest BCUT2D eigenvalue weighted by atomic mass is 10.4.